The van der Waals surface area contributed by atoms with Crippen molar-refractivity contribution in [1.29, 1.82) is 0 Å². The number of carbonyl (C=O) groups excluding carboxylic acids is 2. The molecule has 0 aliphatic heterocycles. The average Bonchev–Trinajstić information content (AvgIpc) is 2.62. The third-order valence-corrected chi connectivity index (χ3v) is 3.93. The first-order chi connectivity index (χ1) is 13.2. The van der Waals surface area contributed by atoms with Gasteiger partial charge in [-0.05, 0) is 50.5 Å². The van der Waals surface area contributed by atoms with Crippen molar-refractivity contribution in [2.45, 2.75) is 45.3 Å². The summed E-state index contributed by atoms with van der Waals surface area (Å²) < 4.78 is 18.2. The van der Waals surface area contributed by atoms with Crippen LogP contribution in [0.5, 0.6) is 0 Å². The molecule has 0 fully saturated rings. The predicted octanol–water partition coefficient (Wildman–Crippen LogP) is 4.14. The number of hydrogen-bond acceptors (Lipinski definition) is 3. The molecule has 2 aromatic carbocycles. The largest absolute Gasteiger partial charge is 0.444 e. The van der Waals surface area contributed by atoms with Gasteiger partial charge in [0.15, 0.2) is 0 Å². The molecule has 28 heavy (non-hydrogen) atoms. The lowest BCUT2D eigenvalue weighted by atomic mass is 10.0. The fourth-order valence-electron chi connectivity index (χ4n) is 2.64. The van der Waals surface area contributed by atoms with Crippen molar-refractivity contribution in [3.8, 4) is 0 Å². The van der Waals surface area contributed by atoms with Crippen LogP contribution in [0.1, 0.15) is 44.4 Å². The summed E-state index contributed by atoms with van der Waals surface area (Å²) in [6, 6.07) is 15.0. The highest BCUT2D eigenvalue weighted by Crippen LogP contribution is 2.18. The molecule has 2 aromatic rings. The zero-order chi connectivity index (χ0) is 20.6. The van der Waals surface area contributed by atoms with Crippen molar-refractivity contribution >= 4 is 12.0 Å². The Morgan fingerprint density at radius 1 is 1.04 bits per heavy atom. The van der Waals surface area contributed by atoms with E-state index in [1.54, 1.807) is 32.9 Å². The molecule has 0 heterocycles. The van der Waals surface area contributed by atoms with Gasteiger partial charge in [-0.25, -0.2) is 9.18 Å². The normalized spacial score (nSPS) is 12.1. The van der Waals surface area contributed by atoms with Gasteiger partial charge in [0.25, 0.3) is 0 Å². The number of rotatable bonds is 7. The minimum Gasteiger partial charge on any atom is -0.444 e. The van der Waals surface area contributed by atoms with E-state index in [1.807, 2.05) is 30.3 Å². The summed E-state index contributed by atoms with van der Waals surface area (Å²) in [6.45, 7) is 5.78. The molecule has 1 atom stereocenters. The first-order valence-electron chi connectivity index (χ1n) is 9.28. The molecule has 0 saturated carbocycles. The lowest BCUT2D eigenvalue weighted by Gasteiger charge is -2.23. The van der Waals surface area contributed by atoms with E-state index in [-0.39, 0.29) is 18.1 Å². The molecular formula is C22H27FN2O3. The number of alkyl carbamates (subject to hydrolysis) is 1. The minimum absolute atomic E-state index is 0.0900. The van der Waals surface area contributed by atoms with Crippen LogP contribution in [0.4, 0.5) is 9.18 Å². The number of hydrogen-bond donors (Lipinski definition) is 2. The summed E-state index contributed by atoms with van der Waals surface area (Å²) in [5, 5.41) is 5.61. The molecule has 2 amide bonds. The predicted molar refractivity (Wildman–Crippen MR) is 106 cm³/mol. The van der Waals surface area contributed by atoms with Gasteiger partial charge in [-0.2, -0.15) is 0 Å². The molecule has 0 unspecified atom stereocenters. The van der Waals surface area contributed by atoms with E-state index in [1.165, 1.54) is 12.1 Å². The van der Waals surface area contributed by atoms with Crippen molar-refractivity contribution in [3.05, 3.63) is 71.5 Å². The fourth-order valence-corrected chi connectivity index (χ4v) is 2.64. The van der Waals surface area contributed by atoms with Crippen LogP contribution in [0.3, 0.4) is 0 Å². The first-order valence-corrected chi connectivity index (χ1v) is 9.28. The zero-order valence-corrected chi connectivity index (χ0v) is 16.5. The van der Waals surface area contributed by atoms with E-state index < -0.39 is 17.7 Å². The Bertz CT molecular complexity index is 771. The Morgan fingerprint density at radius 2 is 1.68 bits per heavy atom. The van der Waals surface area contributed by atoms with E-state index in [0.717, 1.165) is 11.1 Å². The second kappa shape index (κ2) is 9.88. The Labute approximate surface area is 165 Å². The number of ether oxygens (including phenoxy) is 1. The first kappa shape index (κ1) is 21.4. The third kappa shape index (κ3) is 7.78. The molecule has 2 N–H and O–H groups in total. The fraction of sp³-hybridized carbons (Fsp3) is 0.364. The lowest BCUT2D eigenvalue weighted by molar-refractivity contribution is -0.121. The Morgan fingerprint density at radius 3 is 2.29 bits per heavy atom. The molecule has 5 nitrogen and oxygen atoms in total. The highest BCUT2D eigenvalue weighted by Gasteiger charge is 2.22. The molecule has 0 saturated heterocycles. The number of nitrogens with one attached hydrogen (secondary N) is 2. The van der Waals surface area contributed by atoms with Crippen LogP contribution in [-0.4, -0.2) is 24.1 Å². The second-order valence-electron chi connectivity index (χ2n) is 7.54. The standard InChI is InChI=1S/C22H27FN2O3/c1-22(2,3)28-21(27)25-19(17-7-5-4-6-8-17)15-20(26)24-14-13-16-9-11-18(23)12-10-16/h4-12,19H,13-15H2,1-3H3,(H,24,26)(H,25,27)/t19-/m1/s1. The van der Waals surface area contributed by atoms with Gasteiger partial charge in [0, 0.05) is 6.54 Å². The number of benzene rings is 2. The maximum atomic E-state index is 12.9. The van der Waals surface area contributed by atoms with Crippen LogP contribution in [0.2, 0.25) is 0 Å². The van der Waals surface area contributed by atoms with Gasteiger partial charge in [0.1, 0.15) is 11.4 Å². The lowest BCUT2D eigenvalue weighted by Crippen LogP contribution is -2.37. The highest BCUT2D eigenvalue weighted by atomic mass is 19.1. The van der Waals surface area contributed by atoms with Crippen molar-refractivity contribution in [3.63, 3.8) is 0 Å². The summed E-state index contributed by atoms with van der Waals surface area (Å²) in [5.41, 5.74) is 1.14. The van der Waals surface area contributed by atoms with Crippen molar-refractivity contribution < 1.29 is 18.7 Å². The Hall–Kier alpha value is -2.89. The van der Waals surface area contributed by atoms with Crippen LogP contribution >= 0.6 is 0 Å². The molecular weight excluding hydrogens is 359 g/mol. The Kier molecular flexibility index (Phi) is 7.55. The maximum absolute atomic E-state index is 12.9. The van der Waals surface area contributed by atoms with Crippen LogP contribution in [0.15, 0.2) is 54.6 Å². The van der Waals surface area contributed by atoms with Gasteiger partial charge < -0.3 is 15.4 Å². The zero-order valence-electron chi connectivity index (χ0n) is 16.5. The molecule has 0 spiro atoms. The topological polar surface area (TPSA) is 67.4 Å². The minimum atomic E-state index is -0.622. The maximum Gasteiger partial charge on any atom is 0.408 e. The molecule has 2 rings (SSSR count). The summed E-state index contributed by atoms with van der Waals surface area (Å²) in [4.78, 5) is 24.5. The number of carbonyl (C=O) groups is 2. The number of halogens is 1. The molecule has 6 heteroatoms. The van der Waals surface area contributed by atoms with Gasteiger partial charge >= 0.3 is 6.09 Å². The van der Waals surface area contributed by atoms with Crippen molar-refractivity contribution in [1.82, 2.24) is 10.6 Å². The molecule has 150 valence electrons. The molecule has 0 radical (unpaired) electrons. The number of amides is 2. The van der Waals surface area contributed by atoms with E-state index in [4.69, 9.17) is 4.74 Å². The van der Waals surface area contributed by atoms with Gasteiger partial charge in [0.05, 0.1) is 12.5 Å². The summed E-state index contributed by atoms with van der Waals surface area (Å²) >= 11 is 0. The van der Waals surface area contributed by atoms with Gasteiger partial charge in [-0.15, -0.1) is 0 Å². The molecule has 0 aliphatic rings. The molecule has 0 aliphatic carbocycles. The SMILES string of the molecule is CC(C)(C)OC(=O)N[C@H](CC(=O)NCCc1ccc(F)cc1)c1ccccc1. The van der Waals surface area contributed by atoms with E-state index >= 15 is 0 Å². The summed E-state index contributed by atoms with van der Waals surface area (Å²) in [5.74, 6) is -0.473. The third-order valence-electron chi connectivity index (χ3n) is 3.93. The van der Waals surface area contributed by atoms with E-state index in [9.17, 15) is 14.0 Å². The smallest absolute Gasteiger partial charge is 0.408 e. The monoisotopic (exact) mass is 386 g/mol. The second-order valence-corrected chi connectivity index (χ2v) is 7.54. The summed E-state index contributed by atoms with van der Waals surface area (Å²) in [7, 11) is 0. The van der Waals surface area contributed by atoms with Gasteiger partial charge in [-0.3, -0.25) is 4.79 Å². The van der Waals surface area contributed by atoms with Crippen LogP contribution in [0.25, 0.3) is 0 Å². The van der Waals surface area contributed by atoms with E-state index in [2.05, 4.69) is 10.6 Å². The molecule has 0 aromatic heterocycles. The van der Waals surface area contributed by atoms with Crippen LogP contribution in [0, 0.1) is 5.82 Å². The molecule has 0 bridgehead atoms. The van der Waals surface area contributed by atoms with Crippen molar-refractivity contribution in [2.24, 2.45) is 0 Å². The van der Waals surface area contributed by atoms with Crippen molar-refractivity contribution in [2.75, 3.05) is 6.54 Å². The average molecular weight is 386 g/mol. The van der Waals surface area contributed by atoms with Crippen LogP contribution in [-0.2, 0) is 16.0 Å². The van der Waals surface area contributed by atoms with Gasteiger partial charge in [-0.1, -0.05) is 42.5 Å². The van der Waals surface area contributed by atoms with E-state index in [0.29, 0.717) is 13.0 Å². The van der Waals surface area contributed by atoms with Crippen LogP contribution < -0.4 is 10.6 Å². The quantitative estimate of drug-likeness (QED) is 0.751. The highest BCUT2D eigenvalue weighted by molar-refractivity contribution is 5.78. The van der Waals surface area contributed by atoms with Gasteiger partial charge in [0.2, 0.25) is 5.91 Å². The Balaban J connectivity index is 1.92. The summed E-state index contributed by atoms with van der Waals surface area (Å²) in [6.07, 6.45) is 0.120.